The van der Waals surface area contributed by atoms with Crippen LogP contribution < -0.4 is 5.32 Å². The van der Waals surface area contributed by atoms with Crippen LogP contribution in [0.3, 0.4) is 0 Å². The molecule has 0 saturated carbocycles. The molecular formula is C17H24N2O2. The van der Waals surface area contributed by atoms with Gasteiger partial charge in [-0.25, -0.2) is 0 Å². The van der Waals surface area contributed by atoms with Crippen molar-refractivity contribution in [3.05, 3.63) is 29.3 Å². The van der Waals surface area contributed by atoms with Gasteiger partial charge in [-0.15, -0.1) is 0 Å². The van der Waals surface area contributed by atoms with E-state index in [0.29, 0.717) is 13.2 Å². The Balaban J connectivity index is 1.74. The lowest BCUT2D eigenvalue weighted by Crippen LogP contribution is -2.33. The maximum atomic E-state index is 12.4. The molecule has 2 aliphatic heterocycles. The highest BCUT2D eigenvalue weighted by molar-refractivity contribution is 5.95. The Morgan fingerprint density at radius 3 is 2.76 bits per heavy atom. The maximum Gasteiger partial charge on any atom is 0.232 e. The first-order valence-electron chi connectivity index (χ1n) is 7.76. The summed E-state index contributed by atoms with van der Waals surface area (Å²) < 4.78 is 5.37. The number of carbonyl (C=O) groups is 1. The molecule has 0 radical (unpaired) electrons. The predicted octanol–water partition coefficient (Wildman–Crippen LogP) is 2.08. The topological polar surface area (TPSA) is 41.6 Å². The highest BCUT2D eigenvalue weighted by Gasteiger charge is 2.37. The van der Waals surface area contributed by atoms with E-state index in [1.54, 1.807) is 0 Å². The quantitative estimate of drug-likeness (QED) is 0.906. The monoisotopic (exact) mass is 288 g/mol. The molecule has 2 heterocycles. The molecule has 3 rings (SSSR count). The molecule has 4 heteroatoms. The molecule has 1 fully saturated rings. The third-order valence-electron chi connectivity index (χ3n) is 4.76. The second kappa shape index (κ2) is 5.78. The molecule has 1 atom stereocenters. The van der Waals surface area contributed by atoms with Crippen molar-refractivity contribution in [3.63, 3.8) is 0 Å². The fourth-order valence-electron chi connectivity index (χ4n) is 3.04. The van der Waals surface area contributed by atoms with Crippen molar-refractivity contribution in [2.45, 2.75) is 26.2 Å². The largest absolute Gasteiger partial charge is 0.380 e. The van der Waals surface area contributed by atoms with Crippen molar-refractivity contribution in [1.82, 2.24) is 4.90 Å². The number of benzene rings is 1. The summed E-state index contributed by atoms with van der Waals surface area (Å²) in [5, 5.41) is 3.07. The first-order chi connectivity index (χ1) is 10.1. The van der Waals surface area contributed by atoms with E-state index in [0.717, 1.165) is 38.0 Å². The SMILES string of the molecule is CN1CCc2ccc(NC(=O)[C@]3(C)CCOC3)cc2CC1. The molecule has 1 amide bonds. The van der Waals surface area contributed by atoms with E-state index in [4.69, 9.17) is 4.74 Å². The summed E-state index contributed by atoms with van der Waals surface area (Å²) in [6, 6.07) is 6.34. The molecule has 1 saturated heterocycles. The smallest absolute Gasteiger partial charge is 0.232 e. The molecule has 0 aromatic heterocycles. The normalized spacial score (nSPS) is 26.2. The van der Waals surface area contributed by atoms with Crippen LogP contribution in [0.4, 0.5) is 5.69 Å². The van der Waals surface area contributed by atoms with Crippen molar-refractivity contribution < 1.29 is 9.53 Å². The number of anilines is 1. The number of nitrogens with one attached hydrogen (secondary N) is 1. The summed E-state index contributed by atoms with van der Waals surface area (Å²) in [6.45, 7) is 5.37. The summed E-state index contributed by atoms with van der Waals surface area (Å²) >= 11 is 0. The van der Waals surface area contributed by atoms with E-state index in [1.165, 1.54) is 11.1 Å². The van der Waals surface area contributed by atoms with Gasteiger partial charge in [0.05, 0.1) is 12.0 Å². The number of hydrogen-bond acceptors (Lipinski definition) is 3. The second-order valence-corrected chi connectivity index (χ2v) is 6.60. The number of carbonyl (C=O) groups excluding carboxylic acids is 1. The average molecular weight is 288 g/mol. The molecule has 0 aliphatic carbocycles. The van der Waals surface area contributed by atoms with Crippen LogP contribution in [-0.4, -0.2) is 44.2 Å². The maximum absolute atomic E-state index is 12.4. The van der Waals surface area contributed by atoms with Gasteiger partial charge < -0.3 is 15.0 Å². The molecule has 1 aromatic carbocycles. The zero-order valence-electron chi connectivity index (χ0n) is 12.9. The summed E-state index contributed by atoms with van der Waals surface area (Å²) in [5.41, 5.74) is 3.31. The first-order valence-corrected chi connectivity index (χ1v) is 7.76. The number of fused-ring (bicyclic) bond motifs is 1. The van der Waals surface area contributed by atoms with Gasteiger partial charge in [-0.3, -0.25) is 4.79 Å². The van der Waals surface area contributed by atoms with Crippen LogP contribution in [0, 0.1) is 5.41 Å². The summed E-state index contributed by atoms with van der Waals surface area (Å²) in [6.07, 6.45) is 2.94. The highest BCUT2D eigenvalue weighted by atomic mass is 16.5. The fraction of sp³-hybridized carbons (Fsp3) is 0.588. The van der Waals surface area contributed by atoms with Gasteiger partial charge in [0.2, 0.25) is 5.91 Å². The minimum absolute atomic E-state index is 0.0747. The molecule has 0 unspecified atom stereocenters. The number of likely N-dealkylation sites (N-methyl/N-ethyl adjacent to an activating group) is 1. The van der Waals surface area contributed by atoms with Gasteiger partial charge in [-0.2, -0.15) is 0 Å². The molecular weight excluding hydrogens is 264 g/mol. The van der Waals surface area contributed by atoms with Gasteiger partial charge in [-0.05, 0) is 56.5 Å². The number of ether oxygens (including phenoxy) is 1. The van der Waals surface area contributed by atoms with Crippen LogP contribution in [0.2, 0.25) is 0 Å². The van der Waals surface area contributed by atoms with Gasteiger partial charge >= 0.3 is 0 Å². The van der Waals surface area contributed by atoms with Crippen LogP contribution in [0.25, 0.3) is 0 Å². The number of rotatable bonds is 2. The average Bonchev–Trinajstić information content (AvgIpc) is 2.83. The van der Waals surface area contributed by atoms with E-state index in [-0.39, 0.29) is 11.3 Å². The Morgan fingerprint density at radius 2 is 2.05 bits per heavy atom. The summed E-state index contributed by atoms with van der Waals surface area (Å²) in [4.78, 5) is 14.8. The molecule has 0 spiro atoms. The van der Waals surface area contributed by atoms with Crippen molar-refractivity contribution in [1.29, 1.82) is 0 Å². The van der Waals surface area contributed by atoms with Crippen molar-refractivity contribution in [2.75, 3.05) is 38.7 Å². The van der Waals surface area contributed by atoms with Crippen LogP contribution in [0.15, 0.2) is 18.2 Å². The van der Waals surface area contributed by atoms with E-state index < -0.39 is 0 Å². The Labute approximate surface area is 126 Å². The summed E-state index contributed by atoms with van der Waals surface area (Å²) in [5.74, 6) is 0.0747. The Morgan fingerprint density at radius 1 is 1.29 bits per heavy atom. The third kappa shape index (κ3) is 3.11. The number of nitrogens with zero attached hydrogens (tertiary/aromatic N) is 1. The van der Waals surface area contributed by atoms with Crippen molar-refractivity contribution >= 4 is 11.6 Å². The Bertz CT molecular complexity index is 536. The van der Waals surface area contributed by atoms with Crippen molar-refractivity contribution in [2.24, 2.45) is 5.41 Å². The van der Waals surface area contributed by atoms with Gasteiger partial charge in [0.1, 0.15) is 0 Å². The lowest BCUT2D eigenvalue weighted by atomic mass is 9.89. The van der Waals surface area contributed by atoms with Gasteiger partial charge in [0, 0.05) is 25.4 Å². The minimum Gasteiger partial charge on any atom is -0.380 e. The van der Waals surface area contributed by atoms with Crippen LogP contribution in [-0.2, 0) is 22.4 Å². The Kier molecular flexibility index (Phi) is 4.00. The lowest BCUT2D eigenvalue weighted by Gasteiger charge is -2.21. The van der Waals surface area contributed by atoms with Crippen LogP contribution >= 0.6 is 0 Å². The molecule has 1 aromatic rings. The van der Waals surface area contributed by atoms with E-state index in [9.17, 15) is 4.79 Å². The second-order valence-electron chi connectivity index (χ2n) is 6.60. The predicted molar refractivity (Wildman–Crippen MR) is 83.5 cm³/mol. The number of amides is 1. The standard InChI is InChI=1S/C17H24N2O2/c1-17(7-10-21-12-17)16(20)18-15-4-3-13-5-8-19(2)9-6-14(13)11-15/h3-4,11H,5-10,12H2,1-2H3,(H,18,20)/t17-/m1/s1. The Hall–Kier alpha value is -1.39. The lowest BCUT2D eigenvalue weighted by molar-refractivity contribution is -0.124. The van der Waals surface area contributed by atoms with E-state index in [2.05, 4.69) is 29.4 Å². The van der Waals surface area contributed by atoms with Crippen LogP contribution in [0.5, 0.6) is 0 Å². The summed E-state index contributed by atoms with van der Waals surface area (Å²) in [7, 11) is 2.16. The highest BCUT2D eigenvalue weighted by Crippen LogP contribution is 2.30. The van der Waals surface area contributed by atoms with Gasteiger partial charge in [0.25, 0.3) is 0 Å². The molecule has 0 bridgehead atoms. The van der Waals surface area contributed by atoms with Crippen molar-refractivity contribution in [3.8, 4) is 0 Å². The fourth-order valence-corrected chi connectivity index (χ4v) is 3.04. The van der Waals surface area contributed by atoms with Gasteiger partial charge in [-0.1, -0.05) is 6.07 Å². The first kappa shape index (κ1) is 14.5. The zero-order valence-corrected chi connectivity index (χ0v) is 12.9. The molecule has 2 aliphatic rings. The zero-order chi connectivity index (χ0) is 14.9. The van der Waals surface area contributed by atoms with E-state index >= 15 is 0 Å². The minimum atomic E-state index is -0.382. The molecule has 114 valence electrons. The van der Waals surface area contributed by atoms with E-state index in [1.807, 2.05) is 13.0 Å². The van der Waals surface area contributed by atoms with Crippen LogP contribution in [0.1, 0.15) is 24.5 Å². The number of hydrogen-bond donors (Lipinski definition) is 1. The van der Waals surface area contributed by atoms with Gasteiger partial charge in [0.15, 0.2) is 0 Å². The molecule has 21 heavy (non-hydrogen) atoms. The molecule has 4 nitrogen and oxygen atoms in total. The molecule has 1 N–H and O–H groups in total. The third-order valence-corrected chi connectivity index (χ3v) is 4.76.